The molecule has 0 bridgehead atoms. The maximum Gasteiger partial charge on any atom is 0.159 e. The number of hydrogen-bond donors (Lipinski definition) is 1. The SMILES string of the molecule is C=S(NC1CC(C)(C)Oc2ccc(C(C)=O)cc21)c1ccc(C#N)cc1.CCCc1ccccc1. The molecule has 182 valence electrons. The molecule has 0 radical (unpaired) electrons. The fraction of sp³-hybridized carbons (Fsp3) is 0.300. The highest BCUT2D eigenvalue weighted by Gasteiger charge is 2.34. The highest BCUT2D eigenvalue weighted by molar-refractivity contribution is 8.12. The molecule has 0 amide bonds. The zero-order chi connectivity index (χ0) is 25.4. The summed E-state index contributed by atoms with van der Waals surface area (Å²) in [6.45, 7) is 7.90. The first-order chi connectivity index (χ1) is 16.7. The van der Waals surface area contributed by atoms with Crippen LogP contribution in [0.15, 0.2) is 77.7 Å². The first-order valence-corrected chi connectivity index (χ1v) is 13.3. The Kier molecular flexibility index (Phi) is 9.03. The molecule has 1 N–H and O–H groups in total. The Balaban J connectivity index is 0.000000320. The predicted molar refractivity (Wildman–Crippen MR) is 146 cm³/mol. The van der Waals surface area contributed by atoms with E-state index in [1.807, 2.05) is 30.3 Å². The molecule has 2 atom stereocenters. The highest BCUT2D eigenvalue weighted by Crippen LogP contribution is 2.42. The number of Topliss-reactive ketones (excluding diaryl/α,β-unsaturated/α-hetero) is 1. The van der Waals surface area contributed by atoms with Crippen LogP contribution in [0.5, 0.6) is 5.75 Å². The van der Waals surface area contributed by atoms with Gasteiger partial charge in [-0.3, -0.25) is 9.52 Å². The molecule has 0 spiro atoms. The summed E-state index contributed by atoms with van der Waals surface area (Å²) in [4.78, 5) is 12.8. The molecule has 35 heavy (non-hydrogen) atoms. The topological polar surface area (TPSA) is 62.1 Å². The summed E-state index contributed by atoms with van der Waals surface area (Å²) in [6, 6.07) is 25.8. The Bertz CT molecular complexity index is 1210. The van der Waals surface area contributed by atoms with E-state index in [0.29, 0.717) is 11.1 Å². The number of nitrogens with zero attached hydrogens (tertiary/aromatic N) is 1. The van der Waals surface area contributed by atoms with Crippen LogP contribution in [-0.4, -0.2) is 17.3 Å². The van der Waals surface area contributed by atoms with Crippen molar-refractivity contribution in [3.05, 3.63) is 95.1 Å². The summed E-state index contributed by atoms with van der Waals surface area (Å²) in [7, 11) is -0.449. The Morgan fingerprint density at radius 1 is 1.14 bits per heavy atom. The molecule has 0 aromatic heterocycles. The molecule has 0 aliphatic carbocycles. The van der Waals surface area contributed by atoms with E-state index in [0.717, 1.165) is 22.6 Å². The monoisotopic (exact) mass is 486 g/mol. The van der Waals surface area contributed by atoms with E-state index in [-0.39, 0.29) is 17.4 Å². The molecule has 1 aliphatic rings. The molecule has 4 nitrogen and oxygen atoms in total. The van der Waals surface area contributed by atoms with Crippen molar-refractivity contribution in [2.24, 2.45) is 0 Å². The third-order valence-corrected chi connectivity index (χ3v) is 7.22. The lowest BCUT2D eigenvalue weighted by Crippen LogP contribution is -2.38. The maximum atomic E-state index is 11.8. The van der Waals surface area contributed by atoms with Crippen LogP contribution in [0.4, 0.5) is 0 Å². The number of nitriles is 1. The lowest BCUT2D eigenvalue weighted by molar-refractivity contribution is 0.0705. The second-order valence-corrected chi connectivity index (χ2v) is 10.8. The average molecular weight is 487 g/mol. The van der Waals surface area contributed by atoms with Crippen LogP contribution in [-0.2, 0) is 6.42 Å². The van der Waals surface area contributed by atoms with E-state index in [2.05, 4.69) is 67.8 Å². The van der Waals surface area contributed by atoms with Crippen LogP contribution < -0.4 is 9.46 Å². The van der Waals surface area contributed by atoms with Gasteiger partial charge in [0, 0.05) is 28.5 Å². The summed E-state index contributed by atoms with van der Waals surface area (Å²) in [6.07, 6.45) is 3.22. The quantitative estimate of drug-likeness (QED) is 0.294. The van der Waals surface area contributed by atoms with Crippen LogP contribution in [0.25, 0.3) is 0 Å². The number of hydrogen-bond acceptors (Lipinski definition) is 4. The van der Waals surface area contributed by atoms with Gasteiger partial charge in [-0.25, -0.2) is 0 Å². The number of fused-ring (bicyclic) bond motifs is 1. The van der Waals surface area contributed by atoms with Crippen LogP contribution >= 0.6 is 10.7 Å². The number of ketones is 1. The molecule has 0 saturated heterocycles. The average Bonchev–Trinajstić information content (AvgIpc) is 2.84. The molecular formula is C30H34N2O2S. The standard InChI is InChI=1S/C21H22N2O2S.C9H12/c1-14(24)16-7-10-20-18(11-16)19(12-21(2,3)25-20)23-26(4)17-8-5-15(13-22)6-9-17;1-2-6-9-7-4-3-5-8-9/h5-11,19,23H,4,12H2,1-3H3;3-5,7-8H,2,6H2,1H3. The summed E-state index contributed by atoms with van der Waals surface area (Å²) >= 11 is 0. The smallest absolute Gasteiger partial charge is 0.159 e. The molecule has 1 heterocycles. The summed E-state index contributed by atoms with van der Waals surface area (Å²) in [5.74, 6) is 5.11. The Morgan fingerprint density at radius 2 is 1.83 bits per heavy atom. The summed E-state index contributed by atoms with van der Waals surface area (Å²) < 4.78 is 9.69. The molecule has 0 saturated carbocycles. The second kappa shape index (κ2) is 12.0. The second-order valence-electron chi connectivity index (χ2n) is 9.31. The van der Waals surface area contributed by atoms with Crippen molar-refractivity contribution in [2.45, 2.75) is 63.5 Å². The number of rotatable bonds is 6. The van der Waals surface area contributed by atoms with Gasteiger partial charge in [-0.1, -0.05) is 60.2 Å². The summed E-state index contributed by atoms with van der Waals surface area (Å²) in [5, 5.41) is 8.95. The fourth-order valence-corrected chi connectivity index (χ4v) is 5.20. The predicted octanol–water partition coefficient (Wildman–Crippen LogP) is 7.27. The molecule has 3 aromatic carbocycles. The Hall–Kier alpha value is -3.20. The molecule has 5 heteroatoms. The number of ether oxygens (including phenoxy) is 1. The van der Waals surface area contributed by atoms with Gasteiger partial charge in [0.05, 0.1) is 11.6 Å². The van der Waals surface area contributed by atoms with Crippen molar-refractivity contribution in [1.29, 1.82) is 5.26 Å². The number of benzene rings is 3. The van der Waals surface area contributed by atoms with Crippen LogP contribution in [0.1, 0.15) is 73.6 Å². The Labute approximate surface area is 212 Å². The van der Waals surface area contributed by atoms with Crippen LogP contribution in [0.3, 0.4) is 0 Å². The third kappa shape index (κ3) is 7.39. The highest BCUT2D eigenvalue weighted by atomic mass is 32.2. The van der Waals surface area contributed by atoms with Gasteiger partial charge in [0.15, 0.2) is 5.78 Å². The number of carbonyl (C=O) groups is 1. The van der Waals surface area contributed by atoms with Crippen molar-refractivity contribution in [2.75, 3.05) is 0 Å². The van der Waals surface area contributed by atoms with Crippen molar-refractivity contribution < 1.29 is 9.53 Å². The zero-order valence-electron chi connectivity index (χ0n) is 21.0. The largest absolute Gasteiger partial charge is 0.487 e. The molecule has 1 aliphatic heterocycles. The van der Waals surface area contributed by atoms with Gasteiger partial charge in [0.25, 0.3) is 0 Å². The molecule has 0 fully saturated rings. The van der Waals surface area contributed by atoms with Crippen LogP contribution in [0, 0.1) is 11.3 Å². The zero-order valence-corrected chi connectivity index (χ0v) is 21.8. The summed E-state index contributed by atoms with van der Waals surface area (Å²) in [5.41, 5.74) is 3.44. The fourth-order valence-electron chi connectivity index (χ4n) is 4.05. The maximum absolute atomic E-state index is 11.8. The van der Waals surface area contributed by atoms with Gasteiger partial charge in [-0.15, -0.1) is 0 Å². The van der Waals surface area contributed by atoms with E-state index in [4.69, 9.17) is 10.00 Å². The molecule has 2 unspecified atom stereocenters. The van der Waals surface area contributed by atoms with E-state index in [1.54, 1.807) is 19.1 Å². The van der Waals surface area contributed by atoms with E-state index >= 15 is 0 Å². The minimum Gasteiger partial charge on any atom is -0.487 e. The first-order valence-electron chi connectivity index (χ1n) is 11.9. The van der Waals surface area contributed by atoms with E-state index < -0.39 is 10.7 Å². The van der Waals surface area contributed by atoms with Crippen LogP contribution in [0.2, 0.25) is 0 Å². The molecule has 4 rings (SSSR count). The van der Waals surface area contributed by atoms with Crippen molar-refractivity contribution >= 4 is 22.3 Å². The lowest BCUT2D eigenvalue weighted by atomic mass is 9.89. The Morgan fingerprint density at radius 3 is 2.43 bits per heavy atom. The van der Waals surface area contributed by atoms with Crippen molar-refractivity contribution in [1.82, 2.24) is 4.72 Å². The first kappa shape index (κ1) is 26.4. The third-order valence-electron chi connectivity index (χ3n) is 5.81. The van der Waals surface area contributed by atoms with Gasteiger partial charge < -0.3 is 4.74 Å². The minimum absolute atomic E-state index is 0.0320. The van der Waals surface area contributed by atoms with Gasteiger partial charge in [-0.05, 0) is 75.2 Å². The molecular weight excluding hydrogens is 452 g/mol. The van der Waals surface area contributed by atoms with E-state index in [1.165, 1.54) is 18.4 Å². The normalized spacial score (nSPS) is 16.5. The van der Waals surface area contributed by atoms with E-state index in [9.17, 15) is 4.79 Å². The van der Waals surface area contributed by atoms with Gasteiger partial charge >= 0.3 is 0 Å². The number of nitrogens with one attached hydrogen (secondary N) is 1. The number of aryl methyl sites for hydroxylation is 1. The van der Waals surface area contributed by atoms with Gasteiger partial charge in [-0.2, -0.15) is 5.26 Å². The van der Waals surface area contributed by atoms with Gasteiger partial charge in [0.2, 0.25) is 0 Å². The van der Waals surface area contributed by atoms with Gasteiger partial charge in [0.1, 0.15) is 11.4 Å². The lowest BCUT2D eigenvalue weighted by Gasteiger charge is -2.38. The number of carbonyl (C=O) groups excluding carboxylic acids is 1. The van der Waals surface area contributed by atoms with Crippen molar-refractivity contribution in [3.8, 4) is 11.8 Å². The van der Waals surface area contributed by atoms with Crippen molar-refractivity contribution in [3.63, 3.8) is 0 Å². The minimum atomic E-state index is -0.449. The molecule has 3 aromatic rings.